The summed E-state index contributed by atoms with van der Waals surface area (Å²) in [6.07, 6.45) is 0. The van der Waals surface area contributed by atoms with Gasteiger partial charge in [0.2, 0.25) is 0 Å². The molecule has 4 heteroatoms. The lowest BCUT2D eigenvalue weighted by molar-refractivity contribution is 0.539. The first-order valence-corrected chi connectivity index (χ1v) is 7.95. The van der Waals surface area contributed by atoms with E-state index in [4.69, 9.17) is 20.7 Å². The zero-order chi connectivity index (χ0) is 17.9. The lowest BCUT2D eigenvalue weighted by atomic mass is 10.1. The molecular formula is C22H12N2O2. The average Bonchev–Trinajstić information content (AvgIpc) is 3.38. The fourth-order valence-electron chi connectivity index (χ4n) is 2.66. The molecule has 2 heterocycles. The number of benzene rings is 2. The molecule has 4 nitrogen and oxygen atoms in total. The van der Waals surface area contributed by atoms with Gasteiger partial charge >= 0.3 is 0 Å². The van der Waals surface area contributed by atoms with Crippen LogP contribution in [0.5, 0.6) is 0 Å². The molecule has 4 aromatic rings. The van der Waals surface area contributed by atoms with Crippen molar-refractivity contribution in [3.8, 4) is 40.2 Å². The summed E-state index contributed by atoms with van der Waals surface area (Å²) in [5, 5.41) is 8.88. The molecule has 26 heavy (non-hydrogen) atoms. The second-order valence-corrected chi connectivity index (χ2v) is 5.68. The summed E-state index contributed by atoms with van der Waals surface area (Å²) in [7, 11) is 0. The molecule has 2 aromatic carbocycles. The minimum Gasteiger partial charge on any atom is -0.453 e. The van der Waals surface area contributed by atoms with Crippen LogP contribution in [0.25, 0.3) is 39.0 Å². The molecule has 0 unspecified atom stereocenters. The molecule has 0 bridgehead atoms. The molecule has 0 saturated heterocycles. The standard InChI is InChI=1S/C22H12N2O2/c1-24-18-8-6-17(7-9-18)20-11-13-22(26-20)21-12-10-19(25-21)16-4-2-15(14-23)3-5-16/h2-13H. The first-order valence-electron chi connectivity index (χ1n) is 7.95. The van der Waals surface area contributed by atoms with Gasteiger partial charge in [0.15, 0.2) is 17.2 Å². The molecule has 0 N–H and O–H groups in total. The third-order valence-corrected chi connectivity index (χ3v) is 4.03. The van der Waals surface area contributed by atoms with Crippen molar-refractivity contribution in [2.24, 2.45) is 0 Å². The highest BCUT2D eigenvalue weighted by molar-refractivity contribution is 5.67. The normalized spacial score (nSPS) is 10.2. The number of nitrogens with zero attached hydrogens (tertiary/aromatic N) is 2. The van der Waals surface area contributed by atoms with E-state index >= 15 is 0 Å². The molecule has 122 valence electrons. The lowest BCUT2D eigenvalue weighted by Crippen LogP contribution is -1.75. The van der Waals surface area contributed by atoms with Gasteiger partial charge in [-0.05, 0) is 48.5 Å². The number of rotatable bonds is 3. The molecule has 2 aromatic heterocycles. The van der Waals surface area contributed by atoms with E-state index in [9.17, 15) is 0 Å². The molecule has 0 aliphatic carbocycles. The van der Waals surface area contributed by atoms with Crippen LogP contribution in [0.15, 0.2) is 81.6 Å². The Bertz CT molecular complexity index is 1040. The number of furan rings is 2. The van der Waals surface area contributed by atoms with Crippen molar-refractivity contribution < 1.29 is 8.83 Å². The van der Waals surface area contributed by atoms with Gasteiger partial charge < -0.3 is 8.83 Å². The van der Waals surface area contributed by atoms with Crippen LogP contribution in [0, 0.1) is 17.9 Å². The van der Waals surface area contributed by atoms with Crippen LogP contribution >= 0.6 is 0 Å². The van der Waals surface area contributed by atoms with E-state index in [0.29, 0.717) is 34.3 Å². The molecule has 0 spiro atoms. The topological polar surface area (TPSA) is 54.4 Å². The Morgan fingerprint density at radius 2 is 1.12 bits per heavy atom. The van der Waals surface area contributed by atoms with Crippen molar-refractivity contribution >= 4 is 5.69 Å². The van der Waals surface area contributed by atoms with Crippen LogP contribution in [0.3, 0.4) is 0 Å². The summed E-state index contributed by atoms with van der Waals surface area (Å²) < 4.78 is 11.8. The van der Waals surface area contributed by atoms with E-state index in [0.717, 1.165) is 11.1 Å². The highest BCUT2D eigenvalue weighted by atomic mass is 16.4. The highest BCUT2D eigenvalue weighted by Crippen LogP contribution is 2.33. The molecule has 4 rings (SSSR count). The smallest absolute Gasteiger partial charge is 0.187 e. The Labute approximate surface area is 150 Å². The van der Waals surface area contributed by atoms with Gasteiger partial charge in [0.05, 0.1) is 18.2 Å². The van der Waals surface area contributed by atoms with Crippen molar-refractivity contribution in [2.75, 3.05) is 0 Å². The quantitative estimate of drug-likeness (QED) is 0.413. The van der Waals surface area contributed by atoms with Crippen LogP contribution in [-0.4, -0.2) is 0 Å². The summed E-state index contributed by atoms with van der Waals surface area (Å²) >= 11 is 0. The van der Waals surface area contributed by atoms with Gasteiger partial charge in [-0.2, -0.15) is 5.26 Å². The first-order chi connectivity index (χ1) is 12.8. The summed E-state index contributed by atoms with van der Waals surface area (Å²) in [5.41, 5.74) is 3.01. The van der Waals surface area contributed by atoms with E-state index < -0.39 is 0 Å². The molecule has 0 saturated carbocycles. The second kappa shape index (κ2) is 6.47. The summed E-state index contributed by atoms with van der Waals surface area (Å²) in [6.45, 7) is 7.00. The molecule has 0 fully saturated rings. The molecule has 0 radical (unpaired) electrons. The Kier molecular flexibility index (Phi) is 3.86. The molecule has 0 aliphatic rings. The van der Waals surface area contributed by atoms with Crippen LogP contribution < -0.4 is 0 Å². The Morgan fingerprint density at radius 3 is 1.58 bits per heavy atom. The molecule has 0 amide bonds. The number of nitriles is 1. The van der Waals surface area contributed by atoms with Crippen molar-refractivity contribution in [3.63, 3.8) is 0 Å². The molecular weight excluding hydrogens is 324 g/mol. The zero-order valence-corrected chi connectivity index (χ0v) is 13.6. The monoisotopic (exact) mass is 336 g/mol. The maximum Gasteiger partial charge on any atom is 0.187 e. The van der Waals surface area contributed by atoms with E-state index in [1.807, 2.05) is 48.5 Å². The third kappa shape index (κ3) is 2.88. The van der Waals surface area contributed by atoms with E-state index in [-0.39, 0.29) is 0 Å². The third-order valence-electron chi connectivity index (χ3n) is 4.03. The Morgan fingerprint density at radius 1 is 0.654 bits per heavy atom. The average molecular weight is 336 g/mol. The minimum atomic E-state index is 0.596. The largest absolute Gasteiger partial charge is 0.453 e. The van der Waals surface area contributed by atoms with Crippen LogP contribution in [0.4, 0.5) is 5.69 Å². The predicted octanol–water partition coefficient (Wildman–Crippen LogP) is 6.30. The van der Waals surface area contributed by atoms with Crippen molar-refractivity contribution in [1.29, 1.82) is 5.26 Å². The highest BCUT2D eigenvalue weighted by Gasteiger charge is 2.12. The maximum absolute atomic E-state index is 8.88. The van der Waals surface area contributed by atoms with Gasteiger partial charge in [0.25, 0.3) is 0 Å². The van der Waals surface area contributed by atoms with E-state index in [2.05, 4.69) is 10.9 Å². The Hall–Kier alpha value is -4.02. The van der Waals surface area contributed by atoms with Gasteiger partial charge in [-0.15, -0.1) is 0 Å². The van der Waals surface area contributed by atoms with Crippen LogP contribution in [0.1, 0.15) is 5.56 Å². The van der Waals surface area contributed by atoms with Crippen molar-refractivity contribution in [2.45, 2.75) is 0 Å². The van der Waals surface area contributed by atoms with Crippen molar-refractivity contribution in [3.05, 3.63) is 89.8 Å². The van der Waals surface area contributed by atoms with E-state index in [1.165, 1.54) is 0 Å². The maximum atomic E-state index is 8.88. The Balaban J connectivity index is 1.61. The first kappa shape index (κ1) is 15.5. The van der Waals surface area contributed by atoms with E-state index in [1.54, 1.807) is 24.3 Å². The lowest BCUT2D eigenvalue weighted by Gasteiger charge is -1.98. The fraction of sp³-hybridized carbons (Fsp3) is 0. The SMILES string of the molecule is [C-]#[N+]c1ccc(-c2ccc(-c3ccc(-c4ccc(C#N)cc4)o3)o2)cc1. The fourth-order valence-corrected chi connectivity index (χ4v) is 2.66. The van der Waals surface area contributed by atoms with Gasteiger partial charge in [-0.1, -0.05) is 24.3 Å². The summed E-state index contributed by atoms with van der Waals surface area (Å²) in [6, 6.07) is 24.1. The van der Waals surface area contributed by atoms with Crippen LogP contribution in [0.2, 0.25) is 0 Å². The van der Waals surface area contributed by atoms with Crippen molar-refractivity contribution in [1.82, 2.24) is 0 Å². The number of hydrogen-bond acceptors (Lipinski definition) is 3. The van der Waals surface area contributed by atoms with Gasteiger partial charge in [-0.25, -0.2) is 4.85 Å². The van der Waals surface area contributed by atoms with Gasteiger partial charge in [0, 0.05) is 11.1 Å². The molecule has 0 atom stereocenters. The summed E-state index contributed by atoms with van der Waals surface area (Å²) in [5.74, 6) is 2.69. The van der Waals surface area contributed by atoms with Crippen LogP contribution in [-0.2, 0) is 0 Å². The minimum absolute atomic E-state index is 0.596. The second-order valence-electron chi connectivity index (χ2n) is 5.68. The summed E-state index contributed by atoms with van der Waals surface area (Å²) in [4.78, 5) is 3.39. The van der Waals surface area contributed by atoms with Gasteiger partial charge in [0.1, 0.15) is 11.5 Å². The predicted molar refractivity (Wildman–Crippen MR) is 98.3 cm³/mol. The zero-order valence-electron chi connectivity index (χ0n) is 13.6. The number of hydrogen-bond donors (Lipinski definition) is 0. The van der Waals surface area contributed by atoms with Gasteiger partial charge in [-0.3, -0.25) is 0 Å². The molecule has 0 aliphatic heterocycles.